The lowest BCUT2D eigenvalue weighted by atomic mass is 9.87. The lowest BCUT2D eigenvalue weighted by Gasteiger charge is -2.33. The minimum absolute atomic E-state index is 0.0925. The number of amides is 1. The molecule has 2 aliphatic heterocycles. The fourth-order valence-corrected chi connectivity index (χ4v) is 5.22. The van der Waals surface area contributed by atoms with Crippen LogP contribution in [0.5, 0.6) is 0 Å². The maximum atomic E-state index is 12.8. The van der Waals surface area contributed by atoms with Crippen molar-refractivity contribution in [3.8, 4) is 11.1 Å². The molecular formula is C25H28N4O2. The van der Waals surface area contributed by atoms with Crippen molar-refractivity contribution in [1.29, 1.82) is 0 Å². The number of fused-ring (bicyclic) bond motifs is 2. The minimum atomic E-state index is -1.10. The van der Waals surface area contributed by atoms with Crippen molar-refractivity contribution >= 4 is 16.9 Å². The molecule has 6 heteroatoms. The van der Waals surface area contributed by atoms with Crippen LogP contribution in [0, 0.1) is 6.92 Å². The van der Waals surface area contributed by atoms with Crippen LogP contribution in [-0.4, -0.2) is 44.6 Å². The smallest absolute Gasteiger partial charge is 0.254 e. The summed E-state index contributed by atoms with van der Waals surface area (Å²) >= 11 is 0. The number of nitrogens with one attached hydrogen (secondary N) is 2. The molecule has 0 spiro atoms. The summed E-state index contributed by atoms with van der Waals surface area (Å²) in [5, 5.41) is 15.2. The van der Waals surface area contributed by atoms with Crippen molar-refractivity contribution in [2.24, 2.45) is 0 Å². The van der Waals surface area contributed by atoms with Gasteiger partial charge in [0.05, 0.1) is 0 Å². The predicted molar refractivity (Wildman–Crippen MR) is 120 cm³/mol. The number of nitrogens with zero attached hydrogens (tertiary/aromatic N) is 2. The molecule has 6 nitrogen and oxygen atoms in total. The van der Waals surface area contributed by atoms with E-state index in [-0.39, 0.29) is 5.91 Å². The molecule has 160 valence electrons. The Bertz CT molecular complexity index is 1190. The van der Waals surface area contributed by atoms with Crippen LogP contribution in [0.4, 0.5) is 0 Å². The third-order valence-electron chi connectivity index (χ3n) is 7.29. The summed E-state index contributed by atoms with van der Waals surface area (Å²) in [6, 6.07) is 7.13. The molecule has 3 aliphatic rings. The van der Waals surface area contributed by atoms with Crippen molar-refractivity contribution in [2.45, 2.75) is 57.2 Å². The number of rotatable bonds is 3. The SMILES string of the molecule is Cc1c[nH]c2ncc(-c3cc4c(c([C@@H]5CCCN5)c3)CN(C(=O)C3(O)CC3)CC4)cc12. The Morgan fingerprint density at radius 1 is 1.26 bits per heavy atom. The van der Waals surface area contributed by atoms with Gasteiger partial charge in [-0.2, -0.15) is 0 Å². The van der Waals surface area contributed by atoms with Crippen LogP contribution in [0.1, 0.15) is 54.0 Å². The summed E-state index contributed by atoms with van der Waals surface area (Å²) in [4.78, 5) is 22.5. The molecule has 1 saturated carbocycles. The van der Waals surface area contributed by atoms with Gasteiger partial charge in [-0.15, -0.1) is 0 Å². The number of hydrogen-bond donors (Lipinski definition) is 3. The number of aryl methyl sites for hydroxylation is 1. The maximum absolute atomic E-state index is 12.8. The second kappa shape index (κ2) is 6.90. The number of H-pyrrole nitrogens is 1. The first kappa shape index (κ1) is 19.0. The molecule has 1 amide bonds. The molecule has 1 aromatic carbocycles. The first-order valence-corrected chi connectivity index (χ1v) is 11.4. The van der Waals surface area contributed by atoms with Crippen LogP contribution >= 0.6 is 0 Å². The summed E-state index contributed by atoms with van der Waals surface area (Å²) < 4.78 is 0. The molecule has 6 rings (SSSR count). The van der Waals surface area contributed by atoms with Crippen molar-refractivity contribution in [1.82, 2.24) is 20.2 Å². The zero-order valence-corrected chi connectivity index (χ0v) is 17.9. The highest BCUT2D eigenvalue weighted by atomic mass is 16.3. The Balaban J connectivity index is 1.42. The van der Waals surface area contributed by atoms with Gasteiger partial charge in [0, 0.05) is 42.5 Å². The molecule has 31 heavy (non-hydrogen) atoms. The number of benzene rings is 1. The van der Waals surface area contributed by atoms with E-state index in [2.05, 4.69) is 40.4 Å². The van der Waals surface area contributed by atoms with Gasteiger partial charge in [0.2, 0.25) is 0 Å². The summed E-state index contributed by atoms with van der Waals surface area (Å²) in [6.45, 7) is 4.40. The normalized spacial score (nSPS) is 22.0. The number of aromatic nitrogens is 2. The third-order valence-corrected chi connectivity index (χ3v) is 7.29. The molecule has 3 aromatic rings. The minimum Gasteiger partial charge on any atom is -0.380 e. The lowest BCUT2D eigenvalue weighted by Crippen LogP contribution is -2.43. The molecule has 4 heterocycles. The van der Waals surface area contributed by atoms with Crippen molar-refractivity contribution in [3.05, 3.63) is 52.8 Å². The molecule has 1 atom stereocenters. The van der Waals surface area contributed by atoms with Crippen molar-refractivity contribution < 1.29 is 9.90 Å². The number of aliphatic hydroxyl groups is 1. The van der Waals surface area contributed by atoms with E-state index in [1.807, 2.05) is 17.3 Å². The molecule has 2 fully saturated rings. The van der Waals surface area contributed by atoms with E-state index in [4.69, 9.17) is 0 Å². The molecule has 0 bridgehead atoms. The average molecular weight is 417 g/mol. The number of pyridine rings is 1. The number of hydrogen-bond acceptors (Lipinski definition) is 4. The van der Waals surface area contributed by atoms with Crippen molar-refractivity contribution in [2.75, 3.05) is 13.1 Å². The fourth-order valence-electron chi connectivity index (χ4n) is 5.22. The second-order valence-electron chi connectivity index (χ2n) is 9.45. The van der Waals surface area contributed by atoms with E-state index in [9.17, 15) is 9.90 Å². The van der Waals surface area contributed by atoms with E-state index in [0.717, 1.165) is 36.0 Å². The number of carbonyl (C=O) groups excluding carboxylic acids is 1. The summed E-state index contributed by atoms with van der Waals surface area (Å²) in [5.41, 5.74) is 7.23. The van der Waals surface area contributed by atoms with Gasteiger partial charge in [-0.3, -0.25) is 4.79 Å². The van der Waals surface area contributed by atoms with Crippen LogP contribution < -0.4 is 5.32 Å². The van der Waals surface area contributed by atoms with Gasteiger partial charge >= 0.3 is 0 Å². The summed E-state index contributed by atoms with van der Waals surface area (Å²) in [7, 11) is 0. The Kier molecular flexibility index (Phi) is 4.24. The van der Waals surface area contributed by atoms with Crippen LogP contribution in [0.3, 0.4) is 0 Å². The summed E-state index contributed by atoms with van der Waals surface area (Å²) in [5.74, 6) is -0.0925. The highest BCUT2D eigenvalue weighted by Crippen LogP contribution is 2.40. The van der Waals surface area contributed by atoms with Crippen LogP contribution in [0.15, 0.2) is 30.6 Å². The Morgan fingerprint density at radius 2 is 2.13 bits per heavy atom. The number of carbonyl (C=O) groups is 1. The highest BCUT2D eigenvalue weighted by molar-refractivity contribution is 5.88. The molecule has 1 saturated heterocycles. The zero-order chi connectivity index (χ0) is 21.2. The lowest BCUT2D eigenvalue weighted by molar-refractivity contribution is -0.143. The standard InChI is InChI=1S/C25H28N4O2/c1-15-12-27-23-19(15)11-18(13-28-23)17-9-16-4-8-29(24(30)25(31)5-6-25)14-21(16)20(10-17)22-3-2-7-26-22/h9-13,22,26,31H,2-8,14H2,1H3,(H,27,28)/t22-/m0/s1. The largest absolute Gasteiger partial charge is 0.380 e. The molecule has 2 aromatic heterocycles. The van der Waals surface area contributed by atoms with Gasteiger partial charge in [0.25, 0.3) is 5.91 Å². The van der Waals surface area contributed by atoms with Crippen molar-refractivity contribution in [3.63, 3.8) is 0 Å². The fraction of sp³-hybridized carbons (Fsp3) is 0.440. The predicted octanol–water partition coefficient (Wildman–Crippen LogP) is 3.37. The Morgan fingerprint density at radius 3 is 2.90 bits per heavy atom. The van der Waals surface area contributed by atoms with E-state index in [0.29, 0.717) is 32.0 Å². The average Bonchev–Trinajstić information content (AvgIpc) is 3.17. The van der Waals surface area contributed by atoms with Gasteiger partial charge in [0.1, 0.15) is 11.2 Å². The van der Waals surface area contributed by atoms with Crippen LogP contribution in [0.2, 0.25) is 0 Å². The zero-order valence-electron chi connectivity index (χ0n) is 17.9. The first-order valence-electron chi connectivity index (χ1n) is 11.4. The highest BCUT2D eigenvalue weighted by Gasteiger charge is 2.50. The van der Waals surface area contributed by atoms with Gasteiger partial charge < -0.3 is 20.3 Å². The number of aromatic amines is 1. The third kappa shape index (κ3) is 3.17. The van der Waals surface area contributed by atoms with E-state index in [1.165, 1.54) is 34.2 Å². The molecule has 0 unspecified atom stereocenters. The van der Waals surface area contributed by atoms with E-state index in [1.54, 1.807) is 0 Å². The molecular weight excluding hydrogens is 388 g/mol. The Hall–Kier alpha value is -2.70. The van der Waals surface area contributed by atoms with E-state index < -0.39 is 5.60 Å². The Labute approximate surface area is 181 Å². The van der Waals surface area contributed by atoms with Gasteiger partial charge in [-0.1, -0.05) is 6.07 Å². The maximum Gasteiger partial charge on any atom is 0.254 e. The van der Waals surface area contributed by atoms with Crippen LogP contribution in [-0.2, 0) is 17.8 Å². The first-order chi connectivity index (χ1) is 15.0. The second-order valence-corrected chi connectivity index (χ2v) is 9.45. The molecule has 3 N–H and O–H groups in total. The molecule has 0 radical (unpaired) electrons. The van der Waals surface area contributed by atoms with Crippen LogP contribution in [0.25, 0.3) is 22.2 Å². The van der Waals surface area contributed by atoms with Gasteiger partial charge in [0.15, 0.2) is 0 Å². The molecule has 1 aliphatic carbocycles. The topological polar surface area (TPSA) is 81.2 Å². The quantitative estimate of drug-likeness (QED) is 0.612. The monoisotopic (exact) mass is 416 g/mol. The summed E-state index contributed by atoms with van der Waals surface area (Å²) in [6.07, 6.45) is 8.25. The van der Waals surface area contributed by atoms with Gasteiger partial charge in [-0.05, 0) is 85.5 Å². The van der Waals surface area contributed by atoms with Gasteiger partial charge in [-0.25, -0.2) is 4.98 Å². The van der Waals surface area contributed by atoms with E-state index >= 15 is 0 Å².